The van der Waals surface area contributed by atoms with E-state index < -0.39 is 102 Å². The van der Waals surface area contributed by atoms with E-state index in [1.807, 2.05) is 0 Å². The molecule has 0 spiro atoms. The molecule has 0 bridgehead atoms. The number of aliphatic hydroxyl groups is 3. The van der Waals surface area contributed by atoms with Crippen LogP contribution in [0.4, 0.5) is 4.79 Å². The molecule has 1 unspecified atom stereocenters. The van der Waals surface area contributed by atoms with Crippen molar-refractivity contribution in [2.24, 2.45) is 46.3 Å². The zero-order valence-corrected chi connectivity index (χ0v) is 41.3. The topological polar surface area (TPSA) is 218 Å². The number of ether oxygens (including phenoxy) is 4. The molecule has 376 valence electrons. The molecule has 14 heteroatoms. The zero-order chi connectivity index (χ0) is 49.5. The molecule has 7 aliphatic rings. The van der Waals surface area contributed by atoms with E-state index >= 15 is 0 Å². The van der Waals surface area contributed by atoms with Gasteiger partial charge in [0.15, 0.2) is 17.9 Å². The summed E-state index contributed by atoms with van der Waals surface area (Å²) in [7, 11) is 1.33. The summed E-state index contributed by atoms with van der Waals surface area (Å²) in [6, 6.07) is 3.45. The van der Waals surface area contributed by atoms with E-state index in [0.717, 1.165) is 42.9 Å². The molecule has 14 nitrogen and oxygen atoms in total. The molecule has 69 heavy (non-hydrogen) atoms. The van der Waals surface area contributed by atoms with Crippen molar-refractivity contribution >= 4 is 23.4 Å². The van der Waals surface area contributed by atoms with Gasteiger partial charge in [0.2, 0.25) is 5.78 Å². The van der Waals surface area contributed by atoms with Crippen molar-refractivity contribution in [3.63, 3.8) is 0 Å². The number of ketones is 3. The monoisotopic (exact) mass is 956 g/mol. The van der Waals surface area contributed by atoms with E-state index in [-0.39, 0.29) is 45.9 Å². The molecular formula is C55H73NO13. The van der Waals surface area contributed by atoms with Gasteiger partial charge in [0.1, 0.15) is 41.7 Å². The van der Waals surface area contributed by atoms with Gasteiger partial charge in [-0.15, -0.1) is 0 Å². The van der Waals surface area contributed by atoms with Crippen molar-refractivity contribution in [1.82, 2.24) is 5.32 Å². The average Bonchev–Trinajstić information content (AvgIpc) is 3.67. The summed E-state index contributed by atoms with van der Waals surface area (Å²) < 4.78 is 23.9. The first-order valence-corrected chi connectivity index (χ1v) is 25.6. The maximum absolute atomic E-state index is 14.1. The van der Waals surface area contributed by atoms with Crippen molar-refractivity contribution in [1.29, 1.82) is 0 Å². The van der Waals surface area contributed by atoms with Crippen LogP contribution in [0.3, 0.4) is 0 Å². The van der Waals surface area contributed by atoms with Gasteiger partial charge in [0, 0.05) is 42.4 Å². The summed E-state index contributed by atoms with van der Waals surface area (Å²) >= 11 is 0. The Kier molecular flexibility index (Phi) is 13.4. The SMILES string of the molecule is COc1cccc2c1C(=O)c1c(O)c3c(c(O)c1C2=O)C[C@@](O)(C(=O)CO)CC3O[C@@H]1C[C@@H](NC(=O)O[C@H]2CC[C@@]3(C)C(=CC[C@H]4[C@@H]5CC[C@H]([C@H](C)CCCC(C)C)[C@@]5(C)CC[C@@H]43)C2)[C@@H](O)[C@@H](C)O1. The molecule has 9 rings (SSSR count). The summed E-state index contributed by atoms with van der Waals surface area (Å²) in [5, 5.41) is 59.5. The van der Waals surface area contributed by atoms with Crippen LogP contribution in [-0.2, 0) is 25.4 Å². The molecule has 0 aromatic heterocycles. The molecule has 4 fully saturated rings. The first kappa shape index (κ1) is 49.6. The van der Waals surface area contributed by atoms with E-state index in [1.54, 1.807) is 6.92 Å². The molecule has 6 N–H and O–H groups in total. The number of hydrogen-bond acceptors (Lipinski definition) is 13. The first-order chi connectivity index (χ1) is 32.7. The third-order valence-corrected chi connectivity index (χ3v) is 18.6. The Morgan fingerprint density at radius 1 is 0.957 bits per heavy atom. The van der Waals surface area contributed by atoms with Crippen LogP contribution < -0.4 is 10.1 Å². The Morgan fingerprint density at radius 3 is 2.43 bits per heavy atom. The number of phenolic OH excluding ortho intramolecular Hbond substituents is 2. The van der Waals surface area contributed by atoms with Gasteiger partial charge < -0.3 is 49.8 Å². The number of benzene rings is 2. The normalized spacial score (nSPS) is 36.2. The van der Waals surface area contributed by atoms with Crippen LogP contribution >= 0.6 is 0 Å². The highest BCUT2D eigenvalue weighted by Gasteiger charge is 2.59. The highest BCUT2D eigenvalue weighted by atomic mass is 16.7. The van der Waals surface area contributed by atoms with Crippen LogP contribution in [0.5, 0.6) is 17.2 Å². The molecule has 3 saturated carbocycles. The Hall–Kier alpha value is -4.34. The largest absolute Gasteiger partial charge is 0.507 e. The lowest BCUT2D eigenvalue weighted by Gasteiger charge is -2.58. The number of amides is 1. The van der Waals surface area contributed by atoms with E-state index in [9.17, 15) is 44.7 Å². The fraction of sp³-hybridized carbons (Fsp3) is 0.673. The molecule has 1 aliphatic heterocycles. The molecule has 2 aromatic carbocycles. The molecule has 1 saturated heterocycles. The second-order valence-electron chi connectivity index (χ2n) is 22.8. The molecule has 14 atom stereocenters. The number of aromatic hydroxyl groups is 2. The lowest BCUT2D eigenvalue weighted by molar-refractivity contribution is -0.249. The minimum Gasteiger partial charge on any atom is -0.507 e. The van der Waals surface area contributed by atoms with Crippen molar-refractivity contribution < 1.29 is 63.7 Å². The van der Waals surface area contributed by atoms with Gasteiger partial charge in [-0.2, -0.15) is 0 Å². The molecule has 0 radical (unpaired) electrons. The highest BCUT2D eigenvalue weighted by Crippen LogP contribution is 2.67. The minimum atomic E-state index is -2.33. The number of aliphatic hydroxyl groups excluding tert-OH is 2. The van der Waals surface area contributed by atoms with E-state index in [0.29, 0.717) is 23.7 Å². The number of nitrogens with one attached hydrogen (secondary N) is 1. The van der Waals surface area contributed by atoms with Crippen molar-refractivity contribution in [3.8, 4) is 17.2 Å². The van der Waals surface area contributed by atoms with Crippen LogP contribution in [0.15, 0.2) is 29.8 Å². The predicted octanol–water partition coefficient (Wildman–Crippen LogP) is 8.18. The molecule has 1 amide bonds. The van der Waals surface area contributed by atoms with Crippen LogP contribution in [-0.4, -0.2) is 98.9 Å². The van der Waals surface area contributed by atoms with Crippen LogP contribution in [0.2, 0.25) is 0 Å². The first-order valence-electron chi connectivity index (χ1n) is 25.6. The second-order valence-corrected chi connectivity index (χ2v) is 22.8. The van der Waals surface area contributed by atoms with E-state index in [4.69, 9.17) is 18.9 Å². The lowest BCUT2D eigenvalue weighted by atomic mass is 9.47. The molecule has 6 aliphatic carbocycles. The molecule has 1 heterocycles. The minimum absolute atomic E-state index is 0.0643. The van der Waals surface area contributed by atoms with Gasteiger partial charge >= 0.3 is 6.09 Å². The zero-order valence-electron chi connectivity index (χ0n) is 41.3. The number of methoxy groups -OCH3 is 1. The van der Waals surface area contributed by atoms with Gasteiger partial charge in [-0.1, -0.05) is 77.7 Å². The fourth-order valence-corrected chi connectivity index (χ4v) is 14.9. The number of carbonyl (C=O) groups is 4. The number of rotatable bonds is 12. The smallest absolute Gasteiger partial charge is 0.407 e. The second kappa shape index (κ2) is 18.7. The Labute approximate surface area is 405 Å². The fourth-order valence-electron chi connectivity index (χ4n) is 14.9. The maximum atomic E-state index is 14.1. The van der Waals surface area contributed by atoms with Gasteiger partial charge in [-0.05, 0) is 104 Å². The van der Waals surface area contributed by atoms with Gasteiger partial charge in [0.25, 0.3) is 0 Å². The number of hydrogen-bond donors (Lipinski definition) is 6. The van der Waals surface area contributed by atoms with Crippen molar-refractivity contribution in [3.05, 3.63) is 63.2 Å². The standard InChI is InChI=1S/C55H73NO13/c1-27(2)10-8-11-28(3)35-16-17-36-32-15-14-30-22-31(18-20-53(30,5)37(32)19-21-54(35,36)6)68-52(64)56-38-23-42(67-29(4)47(38)59)69-40-25-55(65,41(58)26-57)24-34-44(40)51(63)46-45(49(34)61)48(60)33-12-9-13-39(66-7)43(33)50(46)62/h9,12-14,27-29,31-32,35-38,40,42,47,57,59,61,63,65H,8,10-11,15-26H2,1-7H3,(H,56,64)/t28-,29-,31+,32+,35-,36+,37+,38-,40?,42-,47+,53+,54-,55+/m1/s1. The summed E-state index contributed by atoms with van der Waals surface area (Å²) in [5.41, 5.74) is -2.04. The summed E-state index contributed by atoms with van der Waals surface area (Å²) in [6.07, 6.45) is 7.91. The third-order valence-electron chi connectivity index (χ3n) is 18.6. The van der Waals surface area contributed by atoms with E-state index in [1.165, 1.54) is 75.8 Å². The van der Waals surface area contributed by atoms with Crippen molar-refractivity contribution in [2.75, 3.05) is 13.7 Å². The number of allylic oxidation sites excluding steroid dienone is 1. The predicted molar refractivity (Wildman–Crippen MR) is 254 cm³/mol. The number of phenols is 2. The average molecular weight is 956 g/mol. The molecule has 2 aromatic rings. The quantitative estimate of drug-likeness (QED) is 0.0747. The Morgan fingerprint density at radius 2 is 1.71 bits per heavy atom. The van der Waals surface area contributed by atoms with Gasteiger partial charge in [-0.3, -0.25) is 14.4 Å². The highest BCUT2D eigenvalue weighted by molar-refractivity contribution is 6.31. The van der Waals surface area contributed by atoms with Gasteiger partial charge in [0.05, 0.1) is 42.0 Å². The van der Waals surface area contributed by atoms with Crippen LogP contribution in [0.1, 0.15) is 174 Å². The summed E-state index contributed by atoms with van der Waals surface area (Å²) in [6.45, 7) is 12.8. The number of fused-ring (bicyclic) bond motifs is 8. The Bertz CT molecular complexity index is 2410. The lowest BCUT2D eigenvalue weighted by Crippen LogP contribution is -2.56. The van der Waals surface area contributed by atoms with E-state index in [2.05, 4.69) is 46.0 Å². The third kappa shape index (κ3) is 8.41. The maximum Gasteiger partial charge on any atom is 0.407 e. The summed E-state index contributed by atoms with van der Waals surface area (Å²) in [5.74, 6) is 0.407. The summed E-state index contributed by atoms with van der Waals surface area (Å²) in [4.78, 5) is 54.9. The van der Waals surface area contributed by atoms with Gasteiger partial charge in [-0.25, -0.2) is 4.79 Å². The number of Topliss-reactive ketones (excluding diaryl/α,β-unsaturated/α-hetero) is 1. The van der Waals surface area contributed by atoms with Crippen LogP contribution in [0.25, 0.3) is 0 Å². The van der Waals surface area contributed by atoms with Crippen molar-refractivity contribution in [2.45, 2.75) is 174 Å². The number of carbonyl (C=O) groups excluding carboxylic acids is 4. The Balaban J connectivity index is 0.886. The molecular weight excluding hydrogens is 883 g/mol. The van der Waals surface area contributed by atoms with Crippen LogP contribution in [0, 0.1) is 46.3 Å². The number of alkyl carbamates (subject to hydrolysis) is 1.